The van der Waals surface area contributed by atoms with Crippen LogP contribution >= 0.6 is 0 Å². The van der Waals surface area contributed by atoms with E-state index < -0.39 is 24.4 Å². The molecule has 0 bridgehead atoms. The van der Waals surface area contributed by atoms with Crippen molar-refractivity contribution in [1.29, 1.82) is 0 Å². The fourth-order valence-electron chi connectivity index (χ4n) is 2.53. The summed E-state index contributed by atoms with van der Waals surface area (Å²) in [4.78, 5) is 15.8. The maximum absolute atomic E-state index is 11.5. The number of nitrogens with zero attached hydrogens (tertiary/aromatic N) is 2. The molecule has 0 spiro atoms. The van der Waals surface area contributed by atoms with Crippen molar-refractivity contribution >= 4 is 29.7 Å². The van der Waals surface area contributed by atoms with Crippen LogP contribution in [0.3, 0.4) is 0 Å². The van der Waals surface area contributed by atoms with Crippen LogP contribution in [-0.2, 0) is 9.31 Å². The van der Waals surface area contributed by atoms with E-state index in [4.69, 9.17) is 9.31 Å². The largest absolute Gasteiger partial charge is 0.497 e. The molecule has 0 saturated carbocycles. The molecule has 3 rings (SSSR count). The smallest absolute Gasteiger partial charge is 0.464 e. The molecular formula is C15H19BN2O4. The van der Waals surface area contributed by atoms with Crippen molar-refractivity contribution in [2.75, 3.05) is 0 Å². The minimum absolute atomic E-state index is 0.400. The highest BCUT2D eigenvalue weighted by molar-refractivity contribution is 6.65. The summed E-state index contributed by atoms with van der Waals surface area (Å²) in [5, 5.41) is 10.1. The molecule has 0 aromatic carbocycles. The van der Waals surface area contributed by atoms with Crippen LogP contribution in [0.2, 0.25) is 0 Å². The first-order chi connectivity index (χ1) is 10.1. The number of hydrogen-bond acceptors (Lipinski definition) is 4. The van der Waals surface area contributed by atoms with Gasteiger partial charge in [-0.2, -0.15) is 0 Å². The fraction of sp³-hybridized carbons (Fsp3) is 0.467. The highest BCUT2D eigenvalue weighted by Crippen LogP contribution is 2.37. The number of hydrogen-bond donors (Lipinski definition) is 1. The molecule has 1 saturated heterocycles. The quantitative estimate of drug-likeness (QED) is 0.817. The van der Waals surface area contributed by atoms with Gasteiger partial charge in [-0.3, -0.25) is 0 Å². The summed E-state index contributed by atoms with van der Waals surface area (Å²) in [6, 6.07) is 3.71. The molecule has 0 unspecified atom stereocenters. The minimum Gasteiger partial charge on any atom is -0.464 e. The third kappa shape index (κ3) is 2.12. The van der Waals surface area contributed by atoms with E-state index in [9.17, 15) is 9.90 Å². The Morgan fingerprint density at radius 3 is 2.36 bits per heavy atom. The topological polar surface area (TPSA) is 73.6 Å². The van der Waals surface area contributed by atoms with Crippen molar-refractivity contribution in [2.24, 2.45) is 0 Å². The van der Waals surface area contributed by atoms with Crippen molar-refractivity contribution < 1.29 is 19.2 Å². The predicted molar refractivity (Wildman–Crippen MR) is 83.6 cm³/mol. The standard InChI is InChI=1S/C15H19BN2O4/c1-9-6-7-10-11(8-18(13(19)20)12(10)17-9)16-21-14(2,3)15(4,5)22-16/h6-8H,1-5H3,(H,19,20). The molecule has 0 radical (unpaired) electrons. The summed E-state index contributed by atoms with van der Waals surface area (Å²) in [5.74, 6) is 0. The average Bonchev–Trinajstić information content (AvgIpc) is 2.84. The number of pyridine rings is 1. The van der Waals surface area contributed by atoms with E-state index in [0.29, 0.717) is 11.1 Å². The van der Waals surface area contributed by atoms with Crippen LogP contribution in [0.15, 0.2) is 18.3 Å². The molecule has 2 aromatic rings. The zero-order valence-corrected chi connectivity index (χ0v) is 13.4. The number of fused-ring (bicyclic) bond motifs is 1. The van der Waals surface area contributed by atoms with Crippen molar-refractivity contribution in [3.05, 3.63) is 24.0 Å². The number of carbonyl (C=O) groups is 1. The first-order valence-electron chi connectivity index (χ1n) is 7.20. The molecule has 0 atom stereocenters. The van der Waals surface area contributed by atoms with Crippen LogP contribution in [0.25, 0.3) is 11.0 Å². The monoisotopic (exact) mass is 302 g/mol. The highest BCUT2D eigenvalue weighted by atomic mass is 16.7. The van der Waals surface area contributed by atoms with Gasteiger partial charge in [0.05, 0.1) is 11.2 Å². The highest BCUT2D eigenvalue weighted by Gasteiger charge is 2.52. The van der Waals surface area contributed by atoms with Gasteiger partial charge >= 0.3 is 13.2 Å². The van der Waals surface area contributed by atoms with Crippen LogP contribution < -0.4 is 5.46 Å². The molecular weight excluding hydrogens is 283 g/mol. The second-order valence-corrected chi connectivity index (χ2v) is 6.65. The lowest BCUT2D eigenvalue weighted by molar-refractivity contribution is 0.00578. The molecule has 1 aliphatic heterocycles. The van der Waals surface area contributed by atoms with Crippen LogP contribution in [0, 0.1) is 6.92 Å². The Hall–Kier alpha value is -1.86. The minimum atomic E-state index is -1.08. The number of rotatable bonds is 1. The normalized spacial score (nSPS) is 19.8. The third-order valence-electron chi connectivity index (χ3n) is 4.53. The van der Waals surface area contributed by atoms with Gasteiger partial charge in [-0.25, -0.2) is 14.3 Å². The van der Waals surface area contributed by atoms with E-state index in [2.05, 4.69) is 4.98 Å². The molecule has 116 valence electrons. The molecule has 7 heteroatoms. The molecule has 2 aromatic heterocycles. The SMILES string of the molecule is Cc1ccc2c(B3OC(C)(C)C(C)(C)O3)cn(C(=O)O)c2n1. The third-order valence-corrected chi connectivity index (χ3v) is 4.53. The predicted octanol–water partition coefficient (Wildman–Crippen LogP) is 2.17. The van der Waals surface area contributed by atoms with Crippen LogP contribution in [0.5, 0.6) is 0 Å². The van der Waals surface area contributed by atoms with Crippen LogP contribution in [0.1, 0.15) is 33.4 Å². The van der Waals surface area contributed by atoms with E-state index in [1.54, 1.807) is 0 Å². The van der Waals surface area contributed by atoms with Crippen molar-refractivity contribution in [1.82, 2.24) is 9.55 Å². The van der Waals surface area contributed by atoms with Crippen molar-refractivity contribution in [2.45, 2.75) is 45.8 Å². The maximum atomic E-state index is 11.5. The first-order valence-corrected chi connectivity index (χ1v) is 7.20. The summed E-state index contributed by atoms with van der Waals surface area (Å²) < 4.78 is 13.2. The van der Waals surface area contributed by atoms with Gasteiger partial charge < -0.3 is 14.4 Å². The Bertz CT molecular complexity index is 750. The molecule has 0 aliphatic carbocycles. The Morgan fingerprint density at radius 1 is 1.23 bits per heavy atom. The second-order valence-electron chi connectivity index (χ2n) is 6.65. The maximum Gasteiger partial charge on any atom is 0.497 e. The van der Waals surface area contributed by atoms with Gasteiger partial charge in [0.2, 0.25) is 0 Å². The molecule has 3 heterocycles. The number of carboxylic acid groups (broad SMARTS) is 1. The zero-order valence-electron chi connectivity index (χ0n) is 13.4. The molecule has 0 amide bonds. The Balaban J connectivity index is 2.15. The second kappa shape index (κ2) is 4.57. The van der Waals surface area contributed by atoms with Crippen LogP contribution in [-0.4, -0.2) is 39.1 Å². The lowest BCUT2D eigenvalue weighted by Crippen LogP contribution is -2.41. The summed E-state index contributed by atoms with van der Waals surface area (Å²) in [6.07, 6.45) is 0.451. The van der Waals surface area contributed by atoms with Crippen molar-refractivity contribution in [3.63, 3.8) is 0 Å². The number of aryl methyl sites for hydroxylation is 1. The Morgan fingerprint density at radius 2 is 1.82 bits per heavy atom. The summed E-state index contributed by atoms with van der Waals surface area (Å²) in [6.45, 7) is 9.68. The van der Waals surface area contributed by atoms with Gasteiger partial charge in [0.15, 0.2) is 0 Å². The molecule has 22 heavy (non-hydrogen) atoms. The lowest BCUT2D eigenvalue weighted by atomic mass is 9.79. The zero-order chi connectivity index (χ0) is 16.3. The van der Waals surface area contributed by atoms with E-state index >= 15 is 0 Å². The van der Waals surface area contributed by atoms with Gasteiger partial charge in [0.25, 0.3) is 0 Å². The van der Waals surface area contributed by atoms with E-state index in [-0.39, 0.29) is 0 Å². The van der Waals surface area contributed by atoms with Crippen LogP contribution in [0.4, 0.5) is 4.79 Å². The first kappa shape index (κ1) is 15.1. The van der Waals surface area contributed by atoms with Gasteiger partial charge in [0.1, 0.15) is 5.65 Å². The van der Waals surface area contributed by atoms with Gasteiger partial charge in [0, 0.05) is 22.7 Å². The number of aromatic nitrogens is 2. The van der Waals surface area contributed by atoms with E-state index in [1.165, 1.54) is 6.20 Å². The Labute approximate surface area is 129 Å². The molecule has 6 nitrogen and oxygen atoms in total. The van der Waals surface area contributed by atoms with Gasteiger partial charge in [-0.05, 0) is 46.8 Å². The van der Waals surface area contributed by atoms with E-state index in [0.717, 1.165) is 15.6 Å². The summed E-state index contributed by atoms with van der Waals surface area (Å²) in [5.41, 5.74) is 0.885. The summed E-state index contributed by atoms with van der Waals surface area (Å²) in [7, 11) is -0.613. The average molecular weight is 302 g/mol. The summed E-state index contributed by atoms with van der Waals surface area (Å²) >= 11 is 0. The molecule has 1 aliphatic rings. The van der Waals surface area contributed by atoms with E-state index in [1.807, 2.05) is 46.8 Å². The lowest BCUT2D eigenvalue weighted by Gasteiger charge is -2.32. The van der Waals surface area contributed by atoms with Crippen molar-refractivity contribution in [3.8, 4) is 0 Å². The van der Waals surface area contributed by atoms with Gasteiger partial charge in [-0.15, -0.1) is 0 Å². The Kier molecular flexibility index (Phi) is 3.13. The molecule has 1 fully saturated rings. The molecule has 1 N–H and O–H groups in total. The fourth-order valence-corrected chi connectivity index (χ4v) is 2.53. The van der Waals surface area contributed by atoms with Gasteiger partial charge in [-0.1, -0.05) is 0 Å².